The molecule has 1 fully saturated rings. The topological polar surface area (TPSA) is 30.5 Å². The van der Waals surface area contributed by atoms with Crippen molar-refractivity contribution in [1.82, 2.24) is 5.32 Å². The SMILES string of the molecule is COc1cccc(CNCC2(C(C)C)CC2)c1OC(F)F. The zero-order valence-corrected chi connectivity index (χ0v) is 12.8. The molecule has 0 aliphatic heterocycles. The number of rotatable bonds is 8. The summed E-state index contributed by atoms with van der Waals surface area (Å²) in [4.78, 5) is 0. The lowest BCUT2D eigenvalue weighted by molar-refractivity contribution is -0.0518. The van der Waals surface area contributed by atoms with E-state index < -0.39 is 6.61 Å². The Hall–Kier alpha value is -1.36. The number of methoxy groups -OCH3 is 1. The van der Waals surface area contributed by atoms with Crippen molar-refractivity contribution in [2.45, 2.75) is 39.8 Å². The lowest BCUT2D eigenvalue weighted by Crippen LogP contribution is -2.27. The van der Waals surface area contributed by atoms with Gasteiger partial charge >= 0.3 is 6.61 Å². The minimum atomic E-state index is -2.86. The van der Waals surface area contributed by atoms with E-state index in [4.69, 9.17) is 4.74 Å². The van der Waals surface area contributed by atoms with Crippen molar-refractivity contribution in [3.05, 3.63) is 23.8 Å². The molecule has 0 bridgehead atoms. The van der Waals surface area contributed by atoms with E-state index in [0.717, 1.165) is 6.54 Å². The summed E-state index contributed by atoms with van der Waals surface area (Å²) in [6.07, 6.45) is 2.46. The number of benzene rings is 1. The van der Waals surface area contributed by atoms with Crippen LogP contribution in [0.4, 0.5) is 8.78 Å². The molecule has 21 heavy (non-hydrogen) atoms. The van der Waals surface area contributed by atoms with Gasteiger partial charge in [-0.15, -0.1) is 0 Å². The predicted octanol–water partition coefficient (Wildman–Crippen LogP) is 3.82. The molecule has 1 N–H and O–H groups in total. The fraction of sp³-hybridized carbons (Fsp3) is 0.625. The highest BCUT2D eigenvalue weighted by molar-refractivity contribution is 5.46. The summed E-state index contributed by atoms with van der Waals surface area (Å²) in [5, 5.41) is 3.37. The third-order valence-corrected chi connectivity index (χ3v) is 4.40. The average Bonchev–Trinajstić information content (AvgIpc) is 3.21. The van der Waals surface area contributed by atoms with Crippen LogP contribution in [0.5, 0.6) is 11.5 Å². The largest absolute Gasteiger partial charge is 0.493 e. The van der Waals surface area contributed by atoms with Crippen LogP contribution in [-0.4, -0.2) is 20.3 Å². The Morgan fingerprint density at radius 3 is 2.52 bits per heavy atom. The second kappa shape index (κ2) is 6.60. The number of para-hydroxylation sites is 1. The maximum absolute atomic E-state index is 12.5. The maximum Gasteiger partial charge on any atom is 0.387 e. The normalized spacial score (nSPS) is 16.3. The lowest BCUT2D eigenvalue weighted by atomic mass is 9.92. The fourth-order valence-corrected chi connectivity index (χ4v) is 2.65. The van der Waals surface area contributed by atoms with Crippen LogP contribution in [0.3, 0.4) is 0 Å². The van der Waals surface area contributed by atoms with E-state index in [1.165, 1.54) is 20.0 Å². The van der Waals surface area contributed by atoms with Gasteiger partial charge in [0.25, 0.3) is 0 Å². The van der Waals surface area contributed by atoms with Crippen molar-refractivity contribution >= 4 is 0 Å². The molecular formula is C16H23F2NO2. The molecule has 1 saturated carbocycles. The first-order valence-corrected chi connectivity index (χ1v) is 7.30. The van der Waals surface area contributed by atoms with Crippen LogP contribution in [0.25, 0.3) is 0 Å². The smallest absolute Gasteiger partial charge is 0.387 e. The van der Waals surface area contributed by atoms with Gasteiger partial charge in [-0.3, -0.25) is 0 Å². The van der Waals surface area contributed by atoms with Crippen molar-refractivity contribution < 1.29 is 18.3 Å². The van der Waals surface area contributed by atoms with E-state index in [1.807, 2.05) is 0 Å². The molecule has 5 heteroatoms. The van der Waals surface area contributed by atoms with Gasteiger partial charge in [0, 0.05) is 18.7 Å². The number of alkyl halides is 2. The molecule has 1 aromatic carbocycles. The molecule has 1 aliphatic carbocycles. The first-order chi connectivity index (χ1) is 9.98. The Morgan fingerprint density at radius 2 is 2.00 bits per heavy atom. The molecule has 1 aromatic rings. The Bertz CT molecular complexity index is 473. The van der Waals surface area contributed by atoms with Crippen LogP contribution >= 0.6 is 0 Å². The van der Waals surface area contributed by atoms with E-state index >= 15 is 0 Å². The van der Waals surface area contributed by atoms with Gasteiger partial charge < -0.3 is 14.8 Å². The Labute approximate surface area is 124 Å². The summed E-state index contributed by atoms with van der Waals surface area (Å²) < 4.78 is 34.8. The van der Waals surface area contributed by atoms with Crippen molar-refractivity contribution in [3.63, 3.8) is 0 Å². The standard InChI is InChI=1S/C16H23F2NO2/c1-11(2)16(7-8-16)10-19-9-12-5-4-6-13(20-3)14(12)21-15(17)18/h4-6,11,15,19H,7-10H2,1-3H3. The summed E-state index contributed by atoms with van der Waals surface area (Å²) in [5.74, 6) is 1.09. The zero-order valence-electron chi connectivity index (χ0n) is 12.8. The molecule has 0 heterocycles. The molecule has 0 aromatic heterocycles. The molecule has 0 atom stereocenters. The summed E-state index contributed by atoms with van der Waals surface area (Å²) in [7, 11) is 1.45. The molecular weight excluding hydrogens is 276 g/mol. The molecule has 118 valence electrons. The molecule has 3 nitrogen and oxygen atoms in total. The van der Waals surface area contributed by atoms with Gasteiger partial charge in [0.05, 0.1) is 7.11 Å². The predicted molar refractivity (Wildman–Crippen MR) is 77.8 cm³/mol. The van der Waals surface area contributed by atoms with Crippen molar-refractivity contribution in [2.24, 2.45) is 11.3 Å². The van der Waals surface area contributed by atoms with Crippen molar-refractivity contribution in [2.75, 3.05) is 13.7 Å². The minimum Gasteiger partial charge on any atom is -0.493 e. The van der Waals surface area contributed by atoms with Gasteiger partial charge in [-0.25, -0.2) is 0 Å². The number of hydrogen-bond donors (Lipinski definition) is 1. The molecule has 2 rings (SSSR count). The van der Waals surface area contributed by atoms with Gasteiger partial charge in [-0.1, -0.05) is 26.0 Å². The van der Waals surface area contributed by atoms with E-state index in [0.29, 0.717) is 29.2 Å². The third-order valence-electron chi connectivity index (χ3n) is 4.40. The first kappa shape index (κ1) is 16.0. The zero-order chi connectivity index (χ0) is 15.5. The van der Waals surface area contributed by atoms with Gasteiger partial charge in [0.1, 0.15) is 0 Å². The quantitative estimate of drug-likeness (QED) is 0.791. The van der Waals surface area contributed by atoms with Crippen LogP contribution in [-0.2, 0) is 6.54 Å². The second-order valence-corrected chi connectivity index (χ2v) is 5.95. The van der Waals surface area contributed by atoms with E-state index in [9.17, 15) is 8.78 Å². The van der Waals surface area contributed by atoms with Gasteiger partial charge in [-0.05, 0) is 30.2 Å². The molecule has 0 spiro atoms. The van der Waals surface area contributed by atoms with Crippen molar-refractivity contribution in [3.8, 4) is 11.5 Å². The Morgan fingerprint density at radius 1 is 1.29 bits per heavy atom. The third kappa shape index (κ3) is 3.84. The summed E-state index contributed by atoms with van der Waals surface area (Å²) in [6, 6.07) is 5.18. The first-order valence-electron chi connectivity index (χ1n) is 7.30. The van der Waals surface area contributed by atoms with Crippen LogP contribution in [0.15, 0.2) is 18.2 Å². The monoisotopic (exact) mass is 299 g/mol. The van der Waals surface area contributed by atoms with E-state index in [2.05, 4.69) is 23.9 Å². The van der Waals surface area contributed by atoms with Crippen LogP contribution < -0.4 is 14.8 Å². The number of ether oxygens (including phenoxy) is 2. The molecule has 1 aliphatic rings. The Balaban J connectivity index is 2.02. The summed E-state index contributed by atoms with van der Waals surface area (Å²) in [5.41, 5.74) is 1.07. The minimum absolute atomic E-state index is 0.122. The molecule has 0 unspecified atom stereocenters. The number of hydrogen-bond acceptors (Lipinski definition) is 3. The number of nitrogens with one attached hydrogen (secondary N) is 1. The highest BCUT2D eigenvalue weighted by atomic mass is 19.3. The second-order valence-electron chi connectivity index (χ2n) is 5.95. The van der Waals surface area contributed by atoms with Gasteiger partial charge in [-0.2, -0.15) is 8.78 Å². The van der Waals surface area contributed by atoms with Gasteiger partial charge in [0.2, 0.25) is 0 Å². The summed E-state index contributed by atoms with van der Waals surface area (Å²) in [6.45, 7) is 2.99. The molecule has 0 radical (unpaired) electrons. The molecule has 0 amide bonds. The molecule has 0 saturated heterocycles. The highest BCUT2D eigenvalue weighted by Crippen LogP contribution is 2.51. The van der Waals surface area contributed by atoms with Crippen molar-refractivity contribution in [1.29, 1.82) is 0 Å². The van der Waals surface area contributed by atoms with E-state index in [1.54, 1.807) is 18.2 Å². The van der Waals surface area contributed by atoms with E-state index in [-0.39, 0.29) is 5.75 Å². The maximum atomic E-state index is 12.5. The Kier molecular flexibility index (Phi) is 5.04. The highest BCUT2D eigenvalue weighted by Gasteiger charge is 2.44. The van der Waals surface area contributed by atoms with Crippen LogP contribution in [0.2, 0.25) is 0 Å². The fourth-order valence-electron chi connectivity index (χ4n) is 2.65. The van der Waals surface area contributed by atoms with Crippen LogP contribution in [0, 0.1) is 11.3 Å². The van der Waals surface area contributed by atoms with Crippen LogP contribution in [0.1, 0.15) is 32.3 Å². The lowest BCUT2D eigenvalue weighted by Gasteiger charge is -2.21. The average molecular weight is 299 g/mol. The summed E-state index contributed by atoms with van der Waals surface area (Å²) >= 11 is 0. The number of halogens is 2. The van der Waals surface area contributed by atoms with Gasteiger partial charge in [0.15, 0.2) is 11.5 Å².